The Labute approximate surface area is 201 Å². The number of hydrogen-bond donors (Lipinski definition) is 2. The molecule has 176 valence electrons. The van der Waals surface area contributed by atoms with Crippen LogP contribution in [0, 0.1) is 0 Å². The highest BCUT2D eigenvalue weighted by atomic mass is 127. The van der Waals surface area contributed by atoms with Gasteiger partial charge in [-0.05, 0) is 51.9 Å². The lowest BCUT2D eigenvalue weighted by molar-refractivity contribution is -0.130. The molecule has 2 N–H and O–H groups in total. The van der Waals surface area contributed by atoms with E-state index in [1.807, 2.05) is 4.90 Å². The monoisotopic (exact) mass is 536 g/mol. The first-order valence-corrected chi connectivity index (χ1v) is 12.2. The Morgan fingerprint density at radius 1 is 1.03 bits per heavy atom. The molecular formula is C23H45IN4O2. The molecule has 0 unspecified atom stereocenters. The van der Waals surface area contributed by atoms with Crippen LogP contribution in [-0.2, 0) is 9.53 Å². The number of guanidine groups is 1. The van der Waals surface area contributed by atoms with Crippen LogP contribution in [-0.4, -0.2) is 62.2 Å². The number of ether oxygens (including phenoxy) is 1. The molecule has 1 aliphatic carbocycles. The average Bonchev–Trinajstić information content (AvgIpc) is 3.10. The van der Waals surface area contributed by atoms with Crippen molar-refractivity contribution in [2.45, 2.75) is 96.5 Å². The van der Waals surface area contributed by atoms with Crippen LogP contribution in [0.1, 0.15) is 90.4 Å². The number of carbonyl (C=O) groups excluding carboxylic acids is 1. The number of halogens is 1. The van der Waals surface area contributed by atoms with Gasteiger partial charge >= 0.3 is 0 Å². The number of nitrogens with one attached hydrogen (secondary N) is 2. The number of likely N-dealkylation sites (tertiary alicyclic amines) is 1. The van der Waals surface area contributed by atoms with E-state index in [4.69, 9.17) is 4.74 Å². The van der Waals surface area contributed by atoms with E-state index in [0.29, 0.717) is 12.0 Å². The molecule has 1 heterocycles. The van der Waals surface area contributed by atoms with Gasteiger partial charge in [-0.1, -0.05) is 32.1 Å². The van der Waals surface area contributed by atoms with Crippen molar-refractivity contribution in [1.29, 1.82) is 0 Å². The lowest BCUT2D eigenvalue weighted by Gasteiger charge is -2.20. The Morgan fingerprint density at radius 3 is 2.57 bits per heavy atom. The van der Waals surface area contributed by atoms with E-state index in [1.54, 1.807) is 0 Å². The fourth-order valence-corrected chi connectivity index (χ4v) is 4.16. The summed E-state index contributed by atoms with van der Waals surface area (Å²) >= 11 is 0. The number of amides is 1. The molecule has 6 nitrogen and oxygen atoms in total. The standard InChI is InChI=1S/C23H44N4O2.HI/c1-2-24-23(26-17-12-19-27-18-10-5-8-15-22(27)28)25-16-9-11-20-29-21-13-6-3-4-7-14-21;/h21H,2-20H2,1H3,(H2,24,25,26);1H. The minimum absolute atomic E-state index is 0. The predicted octanol–water partition coefficient (Wildman–Crippen LogP) is 4.47. The number of nitrogens with zero attached hydrogens (tertiary/aromatic N) is 2. The maximum Gasteiger partial charge on any atom is 0.222 e. The van der Waals surface area contributed by atoms with Crippen molar-refractivity contribution in [3.63, 3.8) is 0 Å². The van der Waals surface area contributed by atoms with Crippen molar-refractivity contribution in [3.05, 3.63) is 0 Å². The van der Waals surface area contributed by atoms with Gasteiger partial charge in [0.15, 0.2) is 5.96 Å². The summed E-state index contributed by atoms with van der Waals surface area (Å²) in [6.07, 6.45) is 15.6. The van der Waals surface area contributed by atoms with E-state index < -0.39 is 0 Å². The predicted molar refractivity (Wildman–Crippen MR) is 136 cm³/mol. The van der Waals surface area contributed by atoms with Crippen molar-refractivity contribution in [1.82, 2.24) is 15.5 Å². The second kappa shape index (κ2) is 18.0. The number of hydrogen-bond acceptors (Lipinski definition) is 3. The molecule has 0 bridgehead atoms. The number of aliphatic imine (C=N–C) groups is 1. The lowest BCUT2D eigenvalue weighted by atomic mass is 10.1. The SMILES string of the molecule is CCNC(=NCCCN1CCCCCC1=O)NCCCCOC1CCCCCC1.I. The second-order valence-electron chi connectivity index (χ2n) is 8.42. The summed E-state index contributed by atoms with van der Waals surface area (Å²) < 4.78 is 6.07. The second-order valence-corrected chi connectivity index (χ2v) is 8.42. The molecule has 1 saturated heterocycles. The van der Waals surface area contributed by atoms with Gasteiger partial charge in [0.2, 0.25) is 5.91 Å². The quantitative estimate of drug-likeness (QED) is 0.135. The summed E-state index contributed by atoms with van der Waals surface area (Å²) in [6.45, 7) is 7.26. The maximum absolute atomic E-state index is 12.0. The van der Waals surface area contributed by atoms with Crippen LogP contribution in [0.25, 0.3) is 0 Å². The minimum atomic E-state index is 0. The highest BCUT2D eigenvalue weighted by Crippen LogP contribution is 2.19. The maximum atomic E-state index is 12.0. The van der Waals surface area contributed by atoms with Crippen LogP contribution >= 0.6 is 24.0 Å². The summed E-state index contributed by atoms with van der Waals surface area (Å²) in [5, 5.41) is 6.75. The molecule has 0 spiro atoms. The van der Waals surface area contributed by atoms with Gasteiger partial charge < -0.3 is 20.3 Å². The fourth-order valence-electron chi connectivity index (χ4n) is 4.16. The first-order chi connectivity index (χ1) is 14.3. The highest BCUT2D eigenvalue weighted by molar-refractivity contribution is 14.0. The third-order valence-corrected chi connectivity index (χ3v) is 5.89. The van der Waals surface area contributed by atoms with Gasteiger partial charge in [-0.3, -0.25) is 9.79 Å². The van der Waals surface area contributed by atoms with E-state index in [-0.39, 0.29) is 24.0 Å². The highest BCUT2D eigenvalue weighted by Gasteiger charge is 2.15. The summed E-state index contributed by atoms with van der Waals surface area (Å²) in [7, 11) is 0. The molecule has 7 heteroatoms. The van der Waals surface area contributed by atoms with Crippen molar-refractivity contribution in [2.24, 2.45) is 4.99 Å². The lowest BCUT2D eigenvalue weighted by Crippen LogP contribution is -2.38. The Balaban J connectivity index is 0.00000450. The Kier molecular flexibility index (Phi) is 16.5. The Morgan fingerprint density at radius 2 is 1.80 bits per heavy atom. The summed E-state index contributed by atoms with van der Waals surface area (Å²) in [5.74, 6) is 1.21. The zero-order chi connectivity index (χ0) is 20.6. The Bertz CT molecular complexity index is 468. The van der Waals surface area contributed by atoms with Gasteiger partial charge in [0.1, 0.15) is 0 Å². The molecule has 0 radical (unpaired) electrons. The van der Waals surface area contributed by atoms with Gasteiger partial charge in [-0.2, -0.15) is 0 Å². The third-order valence-electron chi connectivity index (χ3n) is 5.89. The number of unbranched alkanes of at least 4 members (excludes halogenated alkanes) is 1. The van der Waals surface area contributed by atoms with Crippen molar-refractivity contribution >= 4 is 35.8 Å². The van der Waals surface area contributed by atoms with E-state index >= 15 is 0 Å². The summed E-state index contributed by atoms with van der Waals surface area (Å²) in [4.78, 5) is 18.7. The number of carbonyl (C=O) groups is 1. The zero-order valence-electron chi connectivity index (χ0n) is 19.1. The molecule has 1 amide bonds. The van der Waals surface area contributed by atoms with Crippen molar-refractivity contribution in [2.75, 3.05) is 39.3 Å². The van der Waals surface area contributed by atoms with Gasteiger partial charge in [0, 0.05) is 45.8 Å². The molecule has 0 atom stereocenters. The van der Waals surface area contributed by atoms with Crippen LogP contribution in [0.4, 0.5) is 0 Å². The topological polar surface area (TPSA) is 66.0 Å². The van der Waals surface area contributed by atoms with Gasteiger partial charge in [0.05, 0.1) is 6.10 Å². The van der Waals surface area contributed by atoms with Crippen LogP contribution in [0.3, 0.4) is 0 Å². The molecule has 2 aliphatic rings. The Hall–Kier alpha value is -0.570. The zero-order valence-corrected chi connectivity index (χ0v) is 21.5. The van der Waals surface area contributed by atoms with E-state index in [0.717, 1.165) is 83.8 Å². The molecule has 1 aliphatic heterocycles. The first kappa shape index (κ1) is 27.5. The van der Waals surface area contributed by atoms with Gasteiger partial charge in [-0.15, -0.1) is 24.0 Å². The molecule has 0 aromatic rings. The third kappa shape index (κ3) is 12.3. The molecule has 0 aromatic carbocycles. The average molecular weight is 537 g/mol. The van der Waals surface area contributed by atoms with Crippen LogP contribution in [0.2, 0.25) is 0 Å². The minimum Gasteiger partial charge on any atom is -0.378 e. The number of rotatable bonds is 11. The van der Waals surface area contributed by atoms with Crippen molar-refractivity contribution in [3.8, 4) is 0 Å². The molecule has 0 aromatic heterocycles. The van der Waals surface area contributed by atoms with Crippen LogP contribution in [0.5, 0.6) is 0 Å². The van der Waals surface area contributed by atoms with Gasteiger partial charge in [-0.25, -0.2) is 0 Å². The molecule has 30 heavy (non-hydrogen) atoms. The van der Waals surface area contributed by atoms with E-state index in [9.17, 15) is 4.79 Å². The summed E-state index contributed by atoms with van der Waals surface area (Å²) in [5.41, 5.74) is 0. The van der Waals surface area contributed by atoms with Crippen LogP contribution in [0.15, 0.2) is 4.99 Å². The van der Waals surface area contributed by atoms with Crippen LogP contribution < -0.4 is 10.6 Å². The first-order valence-electron chi connectivity index (χ1n) is 12.2. The van der Waals surface area contributed by atoms with Crippen molar-refractivity contribution < 1.29 is 9.53 Å². The molecular weight excluding hydrogens is 491 g/mol. The van der Waals surface area contributed by atoms with E-state index in [1.165, 1.54) is 44.9 Å². The van der Waals surface area contributed by atoms with Gasteiger partial charge in [0.25, 0.3) is 0 Å². The normalized spacial score (nSPS) is 19.0. The molecule has 2 rings (SSSR count). The van der Waals surface area contributed by atoms with E-state index in [2.05, 4.69) is 22.5 Å². The smallest absolute Gasteiger partial charge is 0.222 e. The fraction of sp³-hybridized carbons (Fsp3) is 0.913. The summed E-state index contributed by atoms with van der Waals surface area (Å²) in [6, 6.07) is 0. The molecule has 2 fully saturated rings. The molecule has 1 saturated carbocycles. The largest absolute Gasteiger partial charge is 0.378 e.